The SMILES string of the molecule is C=C/C1=C(\C=C/C)CC(C)c2cccc(Cl)c2CS1. The number of rotatable bonds is 2. The van der Waals surface area contributed by atoms with E-state index in [0.717, 1.165) is 17.2 Å². The standard InChI is InChI=1S/C17H19ClS/c1-4-7-13-10-12(3)14-8-6-9-16(18)15(14)11-19-17(13)5-2/h4-9,12H,2,10-11H2,1,3H3/b7-4-,17-13-. The predicted molar refractivity (Wildman–Crippen MR) is 87.8 cm³/mol. The van der Waals surface area contributed by atoms with Crippen LogP contribution < -0.4 is 0 Å². The minimum absolute atomic E-state index is 0.482. The van der Waals surface area contributed by atoms with Crippen molar-refractivity contribution in [3.8, 4) is 0 Å². The van der Waals surface area contributed by atoms with Gasteiger partial charge in [-0.25, -0.2) is 0 Å². The van der Waals surface area contributed by atoms with Crippen LogP contribution in [0.2, 0.25) is 5.02 Å². The highest BCUT2D eigenvalue weighted by Gasteiger charge is 2.18. The average Bonchev–Trinajstić information content (AvgIpc) is 2.39. The molecule has 0 aliphatic carbocycles. The molecule has 19 heavy (non-hydrogen) atoms. The van der Waals surface area contributed by atoms with Crippen LogP contribution >= 0.6 is 23.4 Å². The summed E-state index contributed by atoms with van der Waals surface area (Å²) in [6, 6.07) is 6.25. The number of hydrogen-bond donors (Lipinski definition) is 0. The Bertz CT molecular complexity index is 540. The van der Waals surface area contributed by atoms with Crippen molar-refractivity contribution >= 4 is 23.4 Å². The zero-order valence-corrected chi connectivity index (χ0v) is 13.0. The van der Waals surface area contributed by atoms with Crippen molar-refractivity contribution in [3.05, 3.63) is 69.6 Å². The molecule has 0 saturated carbocycles. The van der Waals surface area contributed by atoms with Crippen molar-refractivity contribution in [1.82, 2.24) is 0 Å². The van der Waals surface area contributed by atoms with Crippen molar-refractivity contribution in [2.45, 2.75) is 31.9 Å². The van der Waals surface area contributed by atoms with Crippen LogP contribution in [0.4, 0.5) is 0 Å². The second-order valence-corrected chi connectivity index (χ2v) is 6.22. The van der Waals surface area contributed by atoms with Gasteiger partial charge >= 0.3 is 0 Å². The van der Waals surface area contributed by atoms with Gasteiger partial charge in [0, 0.05) is 15.7 Å². The van der Waals surface area contributed by atoms with Crippen molar-refractivity contribution in [3.63, 3.8) is 0 Å². The van der Waals surface area contributed by atoms with Crippen molar-refractivity contribution in [2.75, 3.05) is 0 Å². The molecule has 0 fully saturated rings. The lowest BCUT2D eigenvalue weighted by Crippen LogP contribution is -2.04. The molecule has 1 aromatic carbocycles. The van der Waals surface area contributed by atoms with Gasteiger partial charge in [0.15, 0.2) is 0 Å². The minimum Gasteiger partial charge on any atom is -0.121 e. The molecule has 0 radical (unpaired) electrons. The monoisotopic (exact) mass is 290 g/mol. The molecule has 0 amide bonds. The van der Waals surface area contributed by atoms with Gasteiger partial charge in [0.1, 0.15) is 0 Å². The molecule has 2 heteroatoms. The summed E-state index contributed by atoms with van der Waals surface area (Å²) in [5.74, 6) is 1.40. The largest absolute Gasteiger partial charge is 0.121 e. The molecule has 0 aromatic heterocycles. The normalized spacial score (nSPS) is 23.8. The van der Waals surface area contributed by atoms with Crippen molar-refractivity contribution in [2.24, 2.45) is 0 Å². The van der Waals surface area contributed by atoms with Crippen LogP contribution in [-0.4, -0.2) is 0 Å². The third kappa shape index (κ3) is 3.16. The first-order valence-corrected chi connectivity index (χ1v) is 7.92. The number of fused-ring (bicyclic) bond motifs is 1. The molecule has 0 saturated heterocycles. The molecule has 1 atom stereocenters. The van der Waals surface area contributed by atoms with Gasteiger partial charge in [0.25, 0.3) is 0 Å². The summed E-state index contributed by atoms with van der Waals surface area (Å²) in [5.41, 5.74) is 4.03. The first kappa shape index (κ1) is 14.5. The van der Waals surface area contributed by atoms with Gasteiger partial charge in [0.05, 0.1) is 0 Å². The maximum absolute atomic E-state index is 6.35. The quantitative estimate of drug-likeness (QED) is 0.634. The average molecular weight is 291 g/mol. The van der Waals surface area contributed by atoms with E-state index in [1.54, 1.807) is 0 Å². The van der Waals surface area contributed by atoms with E-state index in [9.17, 15) is 0 Å². The minimum atomic E-state index is 0.482. The first-order chi connectivity index (χ1) is 9.17. The fourth-order valence-corrected chi connectivity index (χ4v) is 3.92. The van der Waals surface area contributed by atoms with Crippen LogP contribution in [0.25, 0.3) is 0 Å². The molecule has 1 aromatic rings. The smallest absolute Gasteiger partial charge is 0.0449 e. The predicted octanol–water partition coefficient (Wildman–Crippen LogP) is 6.10. The van der Waals surface area contributed by atoms with Crippen LogP contribution in [-0.2, 0) is 5.75 Å². The summed E-state index contributed by atoms with van der Waals surface area (Å²) in [5, 5.41) is 0.884. The highest BCUT2D eigenvalue weighted by Crippen LogP contribution is 2.39. The van der Waals surface area contributed by atoms with Crippen LogP contribution in [0.5, 0.6) is 0 Å². The van der Waals surface area contributed by atoms with Gasteiger partial charge in [-0.3, -0.25) is 0 Å². The Morgan fingerprint density at radius 3 is 2.89 bits per heavy atom. The van der Waals surface area contributed by atoms with Crippen LogP contribution in [0.3, 0.4) is 0 Å². The summed E-state index contributed by atoms with van der Waals surface area (Å²) < 4.78 is 0. The summed E-state index contributed by atoms with van der Waals surface area (Å²) >= 11 is 8.18. The molecule has 2 rings (SSSR count). The Hall–Kier alpha value is -0.920. The van der Waals surface area contributed by atoms with E-state index in [1.807, 2.05) is 23.9 Å². The highest BCUT2D eigenvalue weighted by atomic mass is 35.5. The molecular weight excluding hydrogens is 272 g/mol. The highest BCUT2D eigenvalue weighted by molar-refractivity contribution is 8.02. The van der Waals surface area contributed by atoms with Gasteiger partial charge < -0.3 is 0 Å². The van der Waals surface area contributed by atoms with Gasteiger partial charge in [-0.1, -0.05) is 55.5 Å². The van der Waals surface area contributed by atoms with E-state index in [2.05, 4.69) is 44.7 Å². The topological polar surface area (TPSA) is 0 Å². The summed E-state index contributed by atoms with van der Waals surface area (Å²) in [7, 11) is 0. The summed E-state index contributed by atoms with van der Waals surface area (Å²) in [4.78, 5) is 1.27. The van der Waals surface area contributed by atoms with E-state index in [1.165, 1.54) is 21.6 Å². The third-order valence-electron chi connectivity index (χ3n) is 3.45. The summed E-state index contributed by atoms with van der Waals surface area (Å²) in [6.45, 7) is 8.28. The molecule has 1 heterocycles. The molecule has 1 unspecified atom stereocenters. The Labute approximate surface area is 125 Å². The fraction of sp³-hybridized carbons (Fsp3) is 0.294. The Morgan fingerprint density at radius 1 is 1.42 bits per heavy atom. The van der Waals surface area contributed by atoms with Crippen LogP contribution in [0.1, 0.15) is 37.3 Å². The maximum atomic E-state index is 6.35. The van der Waals surface area contributed by atoms with E-state index >= 15 is 0 Å². The summed E-state index contributed by atoms with van der Waals surface area (Å²) in [6.07, 6.45) is 7.31. The Kier molecular flexibility index (Phi) is 4.95. The van der Waals surface area contributed by atoms with E-state index < -0.39 is 0 Å². The van der Waals surface area contributed by atoms with Crippen LogP contribution in [0.15, 0.2) is 53.5 Å². The van der Waals surface area contributed by atoms with Gasteiger partial charge in [-0.2, -0.15) is 0 Å². The lowest BCUT2D eigenvalue weighted by molar-refractivity contribution is 0.752. The number of allylic oxidation sites excluding steroid dienone is 4. The van der Waals surface area contributed by atoms with Gasteiger partial charge in [0.2, 0.25) is 0 Å². The Morgan fingerprint density at radius 2 is 2.21 bits per heavy atom. The molecule has 0 bridgehead atoms. The van der Waals surface area contributed by atoms with Crippen molar-refractivity contribution in [1.29, 1.82) is 0 Å². The van der Waals surface area contributed by atoms with E-state index in [4.69, 9.17) is 11.6 Å². The number of halogens is 1. The van der Waals surface area contributed by atoms with Gasteiger partial charge in [-0.05, 0) is 42.0 Å². The first-order valence-electron chi connectivity index (χ1n) is 6.55. The number of hydrogen-bond acceptors (Lipinski definition) is 1. The lowest BCUT2D eigenvalue weighted by Gasteiger charge is -2.22. The molecule has 1 aliphatic rings. The second kappa shape index (κ2) is 6.49. The Balaban J connectivity index is 2.46. The molecule has 100 valence electrons. The van der Waals surface area contributed by atoms with E-state index in [-0.39, 0.29) is 0 Å². The zero-order chi connectivity index (χ0) is 13.8. The molecule has 1 aliphatic heterocycles. The number of benzene rings is 1. The lowest BCUT2D eigenvalue weighted by atomic mass is 9.90. The molecule has 0 spiro atoms. The maximum Gasteiger partial charge on any atom is 0.0449 e. The zero-order valence-electron chi connectivity index (χ0n) is 11.4. The van der Waals surface area contributed by atoms with Crippen molar-refractivity contribution < 1.29 is 0 Å². The molecular formula is C17H19ClS. The number of thioether (sulfide) groups is 1. The third-order valence-corrected chi connectivity index (χ3v) is 4.98. The molecule has 0 nitrogen and oxygen atoms in total. The second-order valence-electron chi connectivity index (χ2n) is 4.80. The van der Waals surface area contributed by atoms with Gasteiger partial charge in [-0.15, -0.1) is 11.8 Å². The van der Waals surface area contributed by atoms with Crippen LogP contribution in [0, 0.1) is 0 Å². The fourth-order valence-electron chi connectivity index (χ4n) is 2.51. The van der Waals surface area contributed by atoms with E-state index in [0.29, 0.717) is 5.92 Å². The molecule has 0 N–H and O–H groups in total.